The van der Waals surface area contributed by atoms with E-state index in [4.69, 9.17) is 0 Å². The van der Waals surface area contributed by atoms with E-state index >= 15 is 0 Å². The second-order valence-electron chi connectivity index (χ2n) is 4.18. The van der Waals surface area contributed by atoms with Gasteiger partial charge in [-0.25, -0.2) is 0 Å². The molecule has 2 aliphatic rings. The summed E-state index contributed by atoms with van der Waals surface area (Å²) in [5.41, 5.74) is 0. The fourth-order valence-electron chi connectivity index (χ4n) is 2.13. The summed E-state index contributed by atoms with van der Waals surface area (Å²) >= 11 is 2.00. The molecule has 0 bridgehead atoms. The summed E-state index contributed by atoms with van der Waals surface area (Å²) in [6, 6.07) is 0.665. The van der Waals surface area contributed by atoms with E-state index in [9.17, 15) is 4.79 Å². The highest BCUT2D eigenvalue weighted by Crippen LogP contribution is 2.19. The molecule has 2 saturated heterocycles. The third-order valence-corrected chi connectivity index (χ3v) is 4.24. The topological polar surface area (TPSA) is 32.3 Å². The van der Waals surface area contributed by atoms with Crippen LogP contribution >= 0.6 is 11.8 Å². The molecular formula is C10H18N2OS. The van der Waals surface area contributed by atoms with E-state index < -0.39 is 0 Å². The van der Waals surface area contributed by atoms with E-state index in [1.807, 2.05) is 23.7 Å². The molecule has 3 nitrogen and oxygen atoms in total. The van der Waals surface area contributed by atoms with Crippen molar-refractivity contribution in [3.8, 4) is 0 Å². The van der Waals surface area contributed by atoms with Crippen LogP contribution in [0.2, 0.25) is 0 Å². The molecule has 80 valence electrons. The Labute approximate surface area is 89.6 Å². The van der Waals surface area contributed by atoms with Gasteiger partial charge in [-0.3, -0.25) is 4.79 Å². The molecule has 2 aliphatic heterocycles. The average molecular weight is 214 g/mol. The highest BCUT2D eigenvalue weighted by atomic mass is 32.2. The van der Waals surface area contributed by atoms with Crippen molar-refractivity contribution in [3.05, 3.63) is 0 Å². The SMILES string of the molecule is CN1CCC(NC2CCCSC2)C1=O. The van der Waals surface area contributed by atoms with Gasteiger partial charge in [0.2, 0.25) is 5.91 Å². The highest BCUT2D eigenvalue weighted by Gasteiger charge is 2.30. The predicted molar refractivity (Wildman–Crippen MR) is 59.5 cm³/mol. The molecule has 2 rings (SSSR count). The zero-order valence-corrected chi connectivity index (χ0v) is 9.48. The van der Waals surface area contributed by atoms with Gasteiger partial charge in [0.25, 0.3) is 0 Å². The monoisotopic (exact) mass is 214 g/mol. The molecule has 1 N–H and O–H groups in total. The number of likely N-dealkylation sites (N-methyl/N-ethyl adjacent to an activating group) is 1. The zero-order valence-electron chi connectivity index (χ0n) is 8.66. The van der Waals surface area contributed by atoms with Crippen LogP contribution in [0.1, 0.15) is 19.3 Å². The summed E-state index contributed by atoms with van der Waals surface area (Å²) in [5, 5.41) is 3.49. The van der Waals surface area contributed by atoms with Crippen LogP contribution in [0.5, 0.6) is 0 Å². The molecule has 2 unspecified atom stereocenters. The van der Waals surface area contributed by atoms with Crippen molar-refractivity contribution in [3.63, 3.8) is 0 Å². The van der Waals surface area contributed by atoms with E-state index in [0.717, 1.165) is 13.0 Å². The predicted octanol–water partition coefficient (Wildman–Crippen LogP) is 0.702. The minimum absolute atomic E-state index is 0.101. The lowest BCUT2D eigenvalue weighted by atomic mass is 10.1. The summed E-state index contributed by atoms with van der Waals surface area (Å²) in [4.78, 5) is 13.5. The number of amides is 1. The third kappa shape index (κ3) is 2.23. The highest BCUT2D eigenvalue weighted by molar-refractivity contribution is 7.99. The lowest BCUT2D eigenvalue weighted by molar-refractivity contribution is -0.128. The summed E-state index contributed by atoms with van der Waals surface area (Å²) in [7, 11) is 1.89. The second kappa shape index (κ2) is 4.53. The Kier molecular flexibility index (Phi) is 3.34. The first-order valence-electron chi connectivity index (χ1n) is 5.36. The van der Waals surface area contributed by atoms with E-state index in [0.29, 0.717) is 6.04 Å². The number of thioether (sulfide) groups is 1. The largest absolute Gasteiger partial charge is 0.344 e. The molecule has 0 saturated carbocycles. The van der Waals surface area contributed by atoms with Crippen LogP contribution in [0.25, 0.3) is 0 Å². The fraction of sp³-hybridized carbons (Fsp3) is 0.900. The van der Waals surface area contributed by atoms with Gasteiger partial charge < -0.3 is 10.2 Å². The molecule has 14 heavy (non-hydrogen) atoms. The van der Waals surface area contributed by atoms with E-state index in [1.54, 1.807) is 0 Å². The van der Waals surface area contributed by atoms with Crippen molar-refractivity contribution in [2.45, 2.75) is 31.3 Å². The molecule has 2 atom stereocenters. The van der Waals surface area contributed by atoms with Crippen LogP contribution in [0.4, 0.5) is 0 Å². The maximum absolute atomic E-state index is 11.6. The van der Waals surface area contributed by atoms with E-state index in [2.05, 4.69) is 5.32 Å². The van der Waals surface area contributed by atoms with Gasteiger partial charge >= 0.3 is 0 Å². The summed E-state index contributed by atoms with van der Waals surface area (Å²) in [5.74, 6) is 2.74. The van der Waals surface area contributed by atoms with Crippen LogP contribution in [0.3, 0.4) is 0 Å². The maximum Gasteiger partial charge on any atom is 0.239 e. The van der Waals surface area contributed by atoms with E-state index in [-0.39, 0.29) is 11.9 Å². The Hall–Kier alpha value is -0.220. The Morgan fingerprint density at radius 3 is 2.93 bits per heavy atom. The number of carbonyl (C=O) groups is 1. The van der Waals surface area contributed by atoms with Crippen molar-refractivity contribution < 1.29 is 4.79 Å². The van der Waals surface area contributed by atoms with Gasteiger partial charge in [0, 0.05) is 25.4 Å². The molecule has 0 aromatic rings. The smallest absolute Gasteiger partial charge is 0.239 e. The Balaban J connectivity index is 1.82. The van der Waals surface area contributed by atoms with Gasteiger partial charge in [-0.1, -0.05) is 0 Å². The van der Waals surface area contributed by atoms with Crippen molar-refractivity contribution >= 4 is 17.7 Å². The molecule has 4 heteroatoms. The zero-order chi connectivity index (χ0) is 9.97. The van der Waals surface area contributed by atoms with Crippen LogP contribution in [-0.4, -0.2) is 48.0 Å². The average Bonchev–Trinajstić information content (AvgIpc) is 2.52. The van der Waals surface area contributed by atoms with Crippen molar-refractivity contribution in [2.24, 2.45) is 0 Å². The summed E-state index contributed by atoms with van der Waals surface area (Å²) in [6.07, 6.45) is 3.51. The number of nitrogens with one attached hydrogen (secondary N) is 1. The molecule has 0 radical (unpaired) electrons. The quantitative estimate of drug-likeness (QED) is 0.734. The number of hydrogen-bond donors (Lipinski definition) is 1. The first kappa shape index (κ1) is 10.3. The molecule has 2 heterocycles. The number of hydrogen-bond acceptors (Lipinski definition) is 3. The first-order valence-corrected chi connectivity index (χ1v) is 6.51. The molecular weight excluding hydrogens is 196 g/mol. The Morgan fingerprint density at radius 1 is 1.50 bits per heavy atom. The van der Waals surface area contributed by atoms with Crippen molar-refractivity contribution in [1.82, 2.24) is 10.2 Å². The standard InChI is InChI=1S/C10H18N2OS/c1-12-5-4-9(10(12)13)11-8-3-2-6-14-7-8/h8-9,11H,2-7H2,1H3. The minimum atomic E-state index is 0.101. The van der Waals surface area contributed by atoms with Crippen LogP contribution in [0, 0.1) is 0 Å². The third-order valence-electron chi connectivity index (χ3n) is 3.02. The number of likely N-dealkylation sites (tertiary alicyclic amines) is 1. The Morgan fingerprint density at radius 2 is 2.36 bits per heavy atom. The lowest BCUT2D eigenvalue weighted by Gasteiger charge is -2.25. The van der Waals surface area contributed by atoms with Crippen LogP contribution in [-0.2, 0) is 4.79 Å². The van der Waals surface area contributed by atoms with Crippen LogP contribution in [0.15, 0.2) is 0 Å². The second-order valence-corrected chi connectivity index (χ2v) is 5.33. The first-order chi connectivity index (χ1) is 6.77. The molecule has 1 amide bonds. The minimum Gasteiger partial charge on any atom is -0.344 e. The molecule has 0 spiro atoms. The normalized spacial score (nSPS) is 33.8. The number of carbonyl (C=O) groups excluding carboxylic acids is 1. The molecule has 0 aromatic heterocycles. The van der Waals surface area contributed by atoms with Crippen molar-refractivity contribution in [1.29, 1.82) is 0 Å². The lowest BCUT2D eigenvalue weighted by Crippen LogP contribution is -2.45. The summed E-state index contributed by atoms with van der Waals surface area (Å²) < 4.78 is 0. The number of nitrogens with zero attached hydrogens (tertiary/aromatic N) is 1. The Bertz CT molecular complexity index is 216. The van der Waals surface area contributed by atoms with Crippen molar-refractivity contribution in [2.75, 3.05) is 25.1 Å². The maximum atomic E-state index is 11.6. The molecule has 0 aliphatic carbocycles. The molecule has 2 fully saturated rings. The van der Waals surface area contributed by atoms with Gasteiger partial charge in [-0.05, 0) is 25.0 Å². The van der Waals surface area contributed by atoms with E-state index in [1.165, 1.54) is 24.3 Å². The van der Waals surface area contributed by atoms with Gasteiger partial charge in [0.1, 0.15) is 0 Å². The van der Waals surface area contributed by atoms with Gasteiger partial charge in [-0.15, -0.1) is 0 Å². The number of rotatable bonds is 2. The van der Waals surface area contributed by atoms with Gasteiger partial charge in [0.05, 0.1) is 6.04 Å². The molecule has 0 aromatic carbocycles. The van der Waals surface area contributed by atoms with Gasteiger partial charge in [-0.2, -0.15) is 11.8 Å². The van der Waals surface area contributed by atoms with Crippen LogP contribution < -0.4 is 5.32 Å². The summed E-state index contributed by atoms with van der Waals surface area (Å²) in [6.45, 7) is 0.913. The van der Waals surface area contributed by atoms with Gasteiger partial charge in [0.15, 0.2) is 0 Å². The fourth-order valence-corrected chi connectivity index (χ4v) is 3.22.